The fourth-order valence-corrected chi connectivity index (χ4v) is 3.27. The molecule has 1 aliphatic rings. The molecule has 1 saturated heterocycles. The zero-order valence-corrected chi connectivity index (χ0v) is 13.4. The van der Waals surface area contributed by atoms with E-state index in [4.69, 9.17) is 16.7 Å². The Kier molecular flexibility index (Phi) is 5.31. The van der Waals surface area contributed by atoms with Crippen molar-refractivity contribution in [2.45, 2.75) is 19.0 Å². The number of hydrogen-bond acceptors (Lipinski definition) is 4. The number of halogens is 1. The van der Waals surface area contributed by atoms with E-state index in [1.807, 2.05) is 0 Å². The zero-order chi connectivity index (χ0) is 16.3. The van der Waals surface area contributed by atoms with Gasteiger partial charge in [0.25, 0.3) is 5.91 Å². The van der Waals surface area contributed by atoms with Gasteiger partial charge < -0.3 is 15.3 Å². The second-order valence-electron chi connectivity index (χ2n) is 4.87. The van der Waals surface area contributed by atoms with Gasteiger partial charge in [0.1, 0.15) is 12.1 Å². The number of carboxylic acid groups (broad SMARTS) is 1. The fraction of sp³-hybridized carbons (Fsp3) is 0.357. The summed E-state index contributed by atoms with van der Waals surface area (Å²) in [4.78, 5) is 36.9. The van der Waals surface area contributed by atoms with Crippen molar-refractivity contribution in [1.29, 1.82) is 0 Å². The SMILES string of the molecule is C[C@@H](NC(=O)C1CSCN1C(=O)c1ccc(Cl)cc1)C(=O)O. The lowest BCUT2D eigenvalue weighted by molar-refractivity contribution is -0.141. The van der Waals surface area contributed by atoms with Crippen LogP contribution in [0, 0.1) is 0 Å². The highest BCUT2D eigenvalue weighted by molar-refractivity contribution is 7.99. The average Bonchev–Trinajstić information content (AvgIpc) is 2.96. The number of thioether (sulfide) groups is 1. The van der Waals surface area contributed by atoms with Gasteiger partial charge in [-0.2, -0.15) is 0 Å². The molecule has 22 heavy (non-hydrogen) atoms. The quantitative estimate of drug-likeness (QED) is 0.864. The fourth-order valence-electron chi connectivity index (χ4n) is 1.99. The van der Waals surface area contributed by atoms with Crippen molar-refractivity contribution in [1.82, 2.24) is 10.2 Å². The van der Waals surface area contributed by atoms with E-state index in [0.29, 0.717) is 22.2 Å². The molecule has 6 nitrogen and oxygen atoms in total. The molecule has 2 rings (SSSR count). The highest BCUT2D eigenvalue weighted by atomic mass is 35.5. The third-order valence-corrected chi connectivity index (χ3v) is 4.53. The summed E-state index contributed by atoms with van der Waals surface area (Å²) in [6.07, 6.45) is 0. The number of carboxylic acids is 1. The molecular weight excluding hydrogens is 328 g/mol. The van der Waals surface area contributed by atoms with Crippen LogP contribution in [0.4, 0.5) is 0 Å². The molecule has 1 aromatic carbocycles. The van der Waals surface area contributed by atoms with Gasteiger partial charge in [0.2, 0.25) is 5.91 Å². The van der Waals surface area contributed by atoms with Crippen molar-refractivity contribution in [2.75, 3.05) is 11.6 Å². The lowest BCUT2D eigenvalue weighted by Gasteiger charge is -2.24. The summed E-state index contributed by atoms with van der Waals surface area (Å²) in [5.74, 6) is -1.01. The Labute approximate surface area is 136 Å². The number of rotatable bonds is 4. The maximum Gasteiger partial charge on any atom is 0.325 e. The molecule has 1 aliphatic heterocycles. The molecule has 0 saturated carbocycles. The van der Waals surface area contributed by atoms with E-state index >= 15 is 0 Å². The van der Waals surface area contributed by atoms with E-state index < -0.39 is 24.0 Å². The first-order valence-electron chi connectivity index (χ1n) is 6.57. The summed E-state index contributed by atoms with van der Waals surface area (Å²) in [7, 11) is 0. The number of amides is 2. The summed E-state index contributed by atoms with van der Waals surface area (Å²) in [6.45, 7) is 1.38. The van der Waals surface area contributed by atoms with Gasteiger partial charge in [-0.25, -0.2) is 0 Å². The minimum absolute atomic E-state index is 0.273. The molecular formula is C14H15ClN2O4S. The summed E-state index contributed by atoms with van der Waals surface area (Å²) in [5, 5.41) is 11.8. The van der Waals surface area contributed by atoms with E-state index in [2.05, 4.69) is 5.32 Å². The zero-order valence-electron chi connectivity index (χ0n) is 11.8. The van der Waals surface area contributed by atoms with Crippen molar-refractivity contribution in [3.05, 3.63) is 34.9 Å². The maximum absolute atomic E-state index is 12.5. The highest BCUT2D eigenvalue weighted by Crippen LogP contribution is 2.24. The number of carbonyl (C=O) groups excluding carboxylic acids is 2. The van der Waals surface area contributed by atoms with Crippen molar-refractivity contribution < 1.29 is 19.5 Å². The molecule has 0 aliphatic carbocycles. The summed E-state index contributed by atoms with van der Waals surface area (Å²) < 4.78 is 0. The number of carbonyl (C=O) groups is 3. The van der Waals surface area contributed by atoms with Crippen LogP contribution in [0.15, 0.2) is 24.3 Å². The first-order chi connectivity index (χ1) is 10.4. The van der Waals surface area contributed by atoms with E-state index in [9.17, 15) is 14.4 Å². The van der Waals surface area contributed by atoms with Crippen LogP contribution in [-0.2, 0) is 9.59 Å². The van der Waals surface area contributed by atoms with Crippen LogP contribution in [0.2, 0.25) is 5.02 Å². The van der Waals surface area contributed by atoms with E-state index in [0.717, 1.165) is 0 Å². The van der Waals surface area contributed by atoms with Crippen LogP contribution in [0.1, 0.15) is 17.3 Å². The van der Waals surface area contributed by atoms with E-state index in [1.54, 1.807) is 24.3 Å². The van der Waals surface area contributed by atoms with Gasteiger partial charge in [0.15, 0.2) is 0 Å². The Morgan fingerprint density at radius 1 is 1.36 bits per heavy atom. The number of benzene rings is 1. The lowest BCUT2D eigenvalue weighted by Crippen LogP contribution is -2.51. The summed E-state index contributed by atoms with van der Waals surface area (Å²) >= 11 is 7.24. The number of nitrogens with zero attached hydrogens (tertiary/aromatic N) is 1. The Balaban J connectivity index is 2.09. The standard InChI is InChI=1S/C14H15ClN2O4S/c1-8(14(20)21)16-12(18)11-6-22-7-17(11)13(19)9-2-4-10(15)5-3-9/h2-5,8,11H,6-7H2,1H3,(H,16,18)(H,20,21)/t8-,11?/m1/s1. The lowest BCUT2D eigenvalue weighted by atomic mass is 10.1. The van der Waals surface area contributed by atoms with Crippen LogP contribution in [0.5, 0.6) is 0 Å². The molecule has 1 heterocycles. The Bertz CT molecular complexity index is 593. The second-order valence-corrected chi connectivity index (χ2v) is 6.30. The second kappa shape index (κ2) is 7.02. The van der Waals surface area contributed by atoms with Gasteiger partial charge in [-0.3, -0.25) is 14.4 Å². The molecule has 0 bridgehead atoms. The smallest absolute Gasteiger partial charge is 0.325 e. The van der Waals surface area contributed by atoms with Gasteiger partial charge in [-0.15, -0.1) is 11.8 Å². The van der Waals surface area contributed by atoms with E-state index in [1.165, 1.54) is 23.6 Å². The average molecular weight is 343 g/mol. The molecule has 2 atom stereocenters. The van der Waals surface area contributed by atoms with Gasteiger partial charge in [-0.05, 0) is 31.2 Å². The van der Waals surface area contributed by atoms with Gasteiger partial charge in [0.05, 0.1) is 5.88 Å². The number of aliphatic carboxylic acids is 1. The third-order valence-electron chi connectivity index (χ3n) is 3.27. The Morgan fingerprint density at radius 2 is 2.00 bits per heavy atom. The minimum Gasteiger partial charge on any atom is -0.480 e. The Morgan fingerprint density at radius 3 is 2.59 bits per heavy atom. The van der Waals surface area contributed by atoms with Gasteiger partial charge in [-0.1, -0.05) is 11.6 Å². The molecule has 0 aromatic heterocycles. The first-order valence-corrected chi connectivity index (χ1v) is 8.11. The first kappa shape index (κ1) is 16.6. The number of hydrogen-bond donors (Lipinski definition) is 2. The van der Waals surface area contributed by atoms with Crippen molar-refractivity contribution in [2.24, 2.45) is 0 Å². The molecule has 1 unspecified atom stereocenters. The van der Waals surface area contributed by atoms with E-state index in [-0.39, 0.29) is 5.91 Å². The summed E-state index contributed by atoms with van der Waals surface area (Å²) in [6, 6.07) is 4.75. The van der Waals surface area contributed by atoms with Crippen LogP contribution >= 0.6 is 23.4 Å². The summed E-state index contributed by atoms with van der Waals surface area (Å²) in [5.41, 5.74) is 0.441. The van der Waals surface area contributed by atoms with Crippen molar-refractivity contribution in [3.63, 3.8) is 0 Å². The molecule has 0 spiro atoms. The van der Waals surface area contributed by atoms with Crippen LogP contribution in [0.3, 0.4) is 0 Å². The van der Waals surface area contributed by atoms with Crippen molar-refractivity contribution in [3.8, 4) is 0 Å². The van der Waals surface area contributed by atoms with Crippen LogP contribution in [0.25, 0.3) is 0 Å². The maximum atomic E-state index is 12.5. The molecule has 1 aromatic rings. The predicted octanol–water partition coefficient (Wildman–Crippen LogP) is 1.44. The van der Waals surface area contributed by atoms with Crippen molar-refractivity contribution >= 4 is 41.1 Å². The molecule has 8 heteroatoms. The largest absolute Gasteiger partial charge is 0.480 e. The third kappa shape index (κ3) is 3.72. The number of nitrogens with one attached hydrogen (secondary N) is 1. The van der Waals surface area contributed by atoms with Crippen LogP contribution < -0.4 is 5.32 Å². The molecule has 2 amide bonds. The van der Waals surface area contributed by atoms with Gasteiger partial charge >= 0.3 is 5.97 Å². The van der Waals surface area contributed by atoms with Gasteiger partial charge in [0, 0.05) is 16.3 Å². The molecule has 118 valence electrons. The highest BCUT2D eigenvalue weighted by Gasteiger charge is 2.36. The normalized spacial score (nSPS) is 18.8. The molecule has 1 fully saturated rings. The molecule has 0 radical (unpaired) electrons. The monoisotopic (exact) mass is 342 g/mol. The molecule has 2 N–H and O–H groups in total. The predicted molar refractivity (Wildman–Crippen MR) is 84.0 cm³/mol. The Hall–Kier alpha value is -1.73. The topological polar surface area (TPSA) is 86.7 Å². The minimum atomic E-state index is -1.12. The van der Waals surface area contributed by atoms with Crippen LogP contribution in [-0.4, -0.2) is 51.5 Å².